The van der Waals surface area contributed by atoms with Gasteiger partial charge in [0.1, 0.15) is 11.8 Å². The first-order valence-electron chi connectivity index (χ1n) is 8.76. The number of halogens is 2. The van der Waals surface area contributed by atoms with Crippen LogP contribution in [0.2, 0.25) is 0 Å². The summed E-state index contributed by atoms with van der Waals surface area (Å²) in [6.45, 7) is 1.75. The Morgan fingerprint density at radius 2 is 1.93 bits per heavy atom. The quantitative estimate of drug-likeness (QED) is 0.718. The molecule has 0 unspecified atom stereocenters. The van der Waals surface area contributed by atoms with Crippen molar-refractivity contribution in [3.8, 4) is 5.75 Å². The second-order valence-corrected chi connectivity index (χ2v) is 6.43. The third-order valence-corrected chi connectivity index (χ3v) is 4.28. The van der Waals surface area contributed by atoms with Gasteiger partial charge >= 0.3 is 0 Å². The van der Waals surface area contributed by atoms with E-state index in [0.29, 0.717) is 17.0 Å². The molecule has 0 aliphatic rings. The summed E-state index contributed by atoms with van der Waals surface area (Å²) in [5.41, 5.74) is 1.15. The number of hydrogen-bond donors (Lipinski definition) is 2. The van der Waals surface area contributed by atoms with E-state index in [1.54, 1.807) is 36.5 Å². The first kappa shape index (κ1) is 21.3. The summed E-state index contributed by atoms with van der Waals surface area (Å²) >= 11 is 0. The van der Waals surface area contributed by atoms with Crippen molar-refractivity contribution in [3.05, 3.63) is 59.7 Å². The van der Waals surface area contributed by atoms with Crippen molar-refractivity contribution < 1.29 is 28.4 Å². The second-order valence-electron chi connectivity index (χ2n) is 6.43. The summed E-state index contributed by atoms with van der Waals surface area (Å²) in [6, 6.07) is 10.3. The zero-order chi connectivity index (χ0) is 20.7. The highest BCUT2D eigenvalue weighted by molar-refractivity contribution is 5.94. The number of nitrogens with zero attached hydrogens (tertiary/aromatic N) is 1. The van der Waals surface area contributed by atoms with Crippen molar-refractivity contribution >= 4 is 17.5 Å². The van der Waals surface area contributed by atoms with Crippen LogP contribution in [0.3, 0.4) is 0 Å². The lowest BCUT2D eigenvalue weighted by atomic mass is 10.1. The number of rotatable bonds is 8. The lowest BCUT2D eigenvalue weighted by Crippen LogP contribution is -2.87. The summed E-state index contributed by atoms with van der Waals surface area (Å²) < 4.78 is 31.4. The molecule has 0 aromatic heterocycles. The minimum Gasteiger partial charge on any atom is -0.497 e. The Balaban J connectivity index is 1.82. The summed E-state index contributed by atoms with van der Waals surface area (Å²) in [6.07, 6.45) is 0. The van der Waals surface area contributed by atoms with E-state index in [0.717, 1.165) is 12.1 Å². The van der Waals surface area contributed by atoms with Crippen LogP contribution in [-0.2, 0) is 9.59 Å². The standard InChI is InChI=1S/C20H23F2N3O3/c1-13(14-7-8-17(21)18(22)9-14)23-11-20(27)25(2)12-19(26)24-15-5-4-6-16(10-15)28-3/h4-10,13,23H,11-12H2,1-3H3,(H,24,26)/p+1/t13-/m1/s1. The van der Waals surface area contributed by atoms with Crippen LogP contribution in [0.1, 0.15) is 18.5 Å². The fraction of sp³-hybridized carbons (Fsp3) is 0.300. The minimum absolute atomic E-state index is 0.0725. The zero-order valence-electron chi connectivity index (χ0n) is 16.0. The van der Waals surface area contributed by atoms with E-state index in [-0.39, 0.29) is 30.9 Å². The maximum Gasteiger partial charge on any atom is 0.277 e. The number of hydrogen-bond acceptors (Lipinski definition) is 3. The van der Waals surface area contributed by atoms with Gasteiger partial charge in [-0.25, -0.2) is 8.78 Å². The van der Waals surface area contributed by atoms with Crippen molar-refractivity contribution in [3.63, 3.8) is 0 Å². The predicted molar refractivity (Wildman–Crippen MR) is 101 cm³/mol. The van der Waals surface area contributed by atoms with Crippen molar-refractivity contribution in [2.75, 3.05) is 32.6 Å². The Bertz CT molecular complexity index is 845. The number of carbonyl (C=O) groups excluding carboxylic acids is 2. The Hall–Kier alpha value is -3.00. The molecule has 0 radical (unpaired) electrons. The molecule has 0 heterocycles. The Morgan fingerprint density at radius 1 is 1.18 bits per heavy atom. The number of methoxy groups -OCH3 is 1. The summed E-state index contributed by atoms with van der Waals surface area (Å²) in [5, 5.41) is 4.40. The lowest BCUT2D eigenvalue weighted by molar-refractivity contribution is -0.683. The van der Waals surface area contributed by atoms with E-state index in [1.807, 2.05) is 0 Å². The molecule has 0 spiro atoms. The molecule has 1 atom stereocenters. The largest absolute Gasteiger partial charge is 0.497 e. The highest BCUT2D eigenvalue weighted by atomic mass is 19.2. The van der Waals surface area contributed by atoms with Crippen molar-refractivity contribution in [1.29, 1.82) is 0 Å². The van der Waals surface area contributed by atoms with Gasteiger partial charge in [0.05, 0.1) is 13.7 Å². The van der Waals surface area contributed by atoms with Gasteiger partial charge in [-0.1, -0.05) is 6.07 Å². The predicted octanol–water partition coefficient (Wildman–Crippen LogP) is 1.69. The van der Waals surface area contributed by atoms with Crippen LogP contribution < -0.4 is 15.4 Å². The van der Waals surface area contributed by atoms with E-state index in [4.69, 9.17) is 4.74 Å². The fourth-order valence-corrected chi connectivity index (χ4v) is 2.57. The lowest BCUT2D eigenvalue weighted by Gasteiger charge is -2.18. The SMILES string of the molecule is COc1cccc(NC(=O)CN(C)C(=O)C[NH2+][C@H](C)c2ccc(F)c(F)c2)c1. The van der Waals surface area contributed by atoms with Gasteiger partial charge in [0.2, 0.25) is 5.91 Å². The molecule has 2 amide bonds. The maximum atomic E-state index is 13.3. The van der Waals surface area contributed by atoms with Crippen LogP contribution in [0.15, 0.2) is 42.5 Å². The highest BCUT2D eigenvalue weighted by Gasteiger charge is 2.18. The third-order valence-electron chi connectivity index (χ3n) is 4.28. The fourth-order valence-electron chi connectivity index (χ4n) is 2.57. The molecule has 0 saturated heterocycles. The Kier molecular flexibility index (Phi) is 7.45. The van der Waals surface area contributed by atoms with Gasteiger partial charge in [-0.15, -0.1) is 0 Å². The van der Waals surface area contributed by atoms with E-state index < -0.39 is 11.6 Å². The molecular weight excluding hydrogens is 368 g/mol. The first-order valence-corrected chi connectivity index (χ1v) is 8.76. The van der Waals surface area contributed by atoms with Gasteiger partial charge < -0.3 is 20.3 Å². The minimum atomic E-state index is -0.921. The topological polar surface area (TPSA) is 75.2 Å². The molecule has 28 heavy (non-hydrogen) atoms. The number of anilines is 1. The monoisotopic (exact) mass is 392 g/mol. The average Bonchev–Trinajstić information content (AvgIpc) is 2.67. The maximum absolute atomic E-state index is 13.3. The molecule has 0 saturated carbocycles. The normalized spacial score (nSPS) is 11.6. The van der Waals surface area contributed by atoms with Crippen LogP contribution in [-0.4, -0.2) is 44.0 Å². The smallest absolute Gasteiger partial charge is 0.277 e. The van der Waals surface area contributed by atoms with Crippen LogP contribution >= 0.6 is 0 Å². The van der Waals surface area contributed by atoms with E-state index in [1.165, 1.54) is 25.1 Å². The van der Waals surface area contributed by atoms with Crippen LogP contribution in [0.5, 0.6) is 5.75 Å². The molecule has 8 heteroatoms. The summed E-state index contributed by atoms with van der Waals surface area (Å²) in [5.74, 6) is -1.81. The van der Waals surface area contributed by atoms with Gasteiger partial charge in [-0.2, -0.15) is 0 Å². The van der Waals surface area contributed by atoms with Gasteiger partial charge in [-0.05, 0) is 37.3 Å². The average molecular weight is 392 g/mol. The van der Waals surface area contributed by atoms with Gasteiger partial charge in [0.25, 0.3) is 5.91 Å². The van der Waals surface area contributed by atoms with E-state index in [2.05, 4.69) is 5.32 Å². The summed E-state index contributed by atoms with van der Waals surface area (Å²) in [4.78, 5) is 25.7. The molecule has 0 bridgehead atoms. The molecule has 2 aromatic carbocycles. The number of benzene rings is 2. The summed E-state index contributed by atoms with van der Waals surface area (Å²) in [7, 11) is 3.06. The molecule has 2 rings (SSSR count). The van der Waals surface area contributed by atoms with Gasteiger partial charge in [-0.3, -0.25) is 9.59 Å². The van der Waals surface area contributed by atoms with Crippen molar-refractivity contribution in [1.82, 2.24) is 4.90 Å². The van der Waals surface area contributed by atoms with Gasteiger partial charge in [0, 0.05) is 24.4 Å². The number of likely N-dealkylation sites (N-methyl/N-ethyl adjacent to an activating group) is 1. The Labute approximate surface area is 162 Å². The molecule has 0 aliphatic carbocycles. The molecular formula is C20H24F2N3O3+. The van der Waals surface area contributed by atoms with Crippen LogP contribution in [0.4, 0.5) is 14.5 Å². The number of carbonyl (C=O) groups is 2. The number of amides is 2. The van der Waals surface area contributed by atoms with Crippen LogP contribution in [0.25, 0.3) is 0 Å². The molecule has 0 fully saturated rings. The van der Waals surface area contributed by atoms with Crippen molar-refractivity contribution in [2.24, 2.45) is 0 Å². The molecule has 6 nitrogen and oxygen atoms in total. The Morgan fingerprint density at radius 3 is 2.61 bits per heavy atom. The van der Waals surface area contributed by atoms with Crippen LogP contribution in [0, 0.1) is 11.6 Å². The second kappa shape index (κ2) is 9.80. The first-order chi connectivity index (χ1) is 13.3. The number of ether oxygens (including phenoxy) is 1. The van der Waals surface area contributed by atoms with E-state index in [9.17, 15) is 18.4 Å². The number of quaternary nitrogens is 1. The number of nitrogens with one attached hydrogen (secondary N) is 1. The highest BCUT2D eigenvalue weighted by Crippen LogP contribution is 2.16. The van der Waals surface area contributed by atoms with E-state index >= 15 is 0 Å². The van der Waals surface area contributed by atoms with Crippen molar-refractivity contribution in [2.45, 2.75) is 13.0 Å². The number of nitrogens with two attached hydrogens (primary N) is 1. The molecule has 2 aromatic rings. The van der Waals surface area contributed by atoms with Gasteiger partial charge in [0.15, 0.2) is 18.2 Å². The molecule has 150 valence electrons. The molecule has 3 N–H and O–H groups in total. The molecule has 0 aliphatic heterocycles. The zero-order valence-corrected chi connectivity index (χ0v) is 16.0. The third kappa shape index (κ3) is 6.02.